The quantitative estimate of drug-likeness (QED) is 0.710. The highest BCUT2D eigenvalue weighted by Crippen LogP contribution is 2.22. The molecule has 1 atom stereocenters. The molecule has 1 fully saturated rings. The molecule has 1 saturated heterocycles. The fraction of sp³-hybridized carbons (Fsp3) is 0.917. The van der Waals surface area contributed by atoms with Crippen LogP contribution in [0.1, 0.15) is 27.2 Å². The smallest absolute Gasteiger partial charge is 0.261 e. The molecule has 1 amide bonds. The first kappa shape index (κ1) is 15.3. The van der Waals surface area contributed by atoms with Gasteiger partial charge in [0.05, 0.1) is 31.3 Å². The monoisotopic (exact) mass is 265 g/mol. The summed E-state index contributed by atoms with van der Waals surface area (Å²) in [5, 5.41) is 0. The second-order valence-electron chi connectivity index (χ2n) is 5.15. The summed E-state index contributed by atoms with van der Waals surface area (Å²) in [4.78, 5) is 13.7. The molecule has 6 heteroatoms. The summed E-state index contributed by atoms with van der Waals surface area (Å²) in [6, 6.07) is 0. The number of carbonyl (C=O) groups is 1. The number of alkyl halides is 2. The number of halogens is 2. The van der Waals surface area contributed by atoms with Crippen molar-refractivity contribution >= 4 is 5.91 Å². The van der Waals surface area contributed by atoms with E-state index in [4.69, 9.17) is 9.47 Å². The molecule has 18 heavy (non-hydrogen) atoms. The van der Waals surface area contributed by atoms with Crippen LogP contribution in [0.5, 0.6) is 0 Å². The highest BCUT2D eigenvalue weighted by atomic mass is 19.3. The Hall–Kier alpha value is -0.750. The molecule has 0 saturated carbocycles. The number of hydrogen-bond acceptors (Lipinski definition) is 3. The average Bonchev–Trinajstić information content (AvgIpc) is 2.27. The minimum atomic E-state index is -2.49. The highest BCUT2D eigenvalue weighted by molar-refractivity contribution is 5.77. The highest BCUT2D eigenvalue weighted by Gasteiger charge is 2.36. The molecule has 0 aliphatic carbocycles. The van der Waals surface area contributed by atoms with Crippen LogP contribution in [-0.4, -0.2) is 55.2 Å². The Morgan fingerprint density at radius 3 is 2.83 bits per heavy atom. The molecule has 1 unspecified atom stereocenters. The van der Waals surface area contributed by atoms with Crippen molar-refractivity contribution in [2.24, 2.45) is 0 Å². The minimum absolute atomic E-state index is 0.00366. The van der Waals surface area contributed by atoms with Gasteiger partial charge in [-0.05, 0) is 20.8 Å². The molecule has 0 N–H and O–H groups in total. The van der Waals surface area contributed by atoms with E-state index >= 15 is 0 Å². The van der Waals surface area contributed by atoms with Crippen LogP contribution in [0.3, 0.4) is 0 Å². The standard InChI is InChI=1S/C12H21F2NO3/c1-9-6-15(12(2,3)8-18-9)11(16)4-5-17-7-10(13)14/h9-10H,4-8H2,1-3H3. The molecule has 0 spiro atoms. The Bertz CT molecular complexity index is 284. The van der Waals surface area contributed by atoms with Crippen LogP contribution >= 0.6 is 0 Å². The van der Waals surface area contributed by atoms with Gasteiger partial charge in [-0.1, -0.05) is 0 Å². The van der Waals surface area contributed by atoms with Crippen LogP contribution in [0.25, 0.3) is 0 Å². The Morgan fingerprint density at radius 2 is 2.22 bits per heavy atom. The maximum absolute atomic E-state index is 12.0. The lowest BCUT2D eigenvalue weighted by Crippen LogP contribution is -2.57. The normalized spacial score (nSPS) is 23.4. The van der Waals surface area contributed by atoms with Crippen LogP contribution in [0.2, 0.25) is 0 Å². The van der Waals surface area contributed by atoms with Crippen molar-refractivity contribution < 1.29 is 23.0 Å². The van der Waals surface area contributed by atoms with Crippen LogP contribution < -0.4 is 0 Å². The summed E-state index contributed by atoms with van der Waals surface area (Å²) in [6.07, 6.45) is -2.35. The third-order valence-electron chi connectivity index (χ3n) is 2.90. The van der Waals surface area contributed by atoms with Gasteiger partial charge in [-0.2, -0.15) is 0 Å². The molecule has 1 aliphatic heterocycles. The average molecular weight is 265 g/mol. The van der Waals surface area contributed by atoms with E-state index in [1.807, 2.05) is 20.8 Å². The maximum Gasteiger partial charge on any atom is 0.261 e. The molecule has 0 aromatic heterocycles. The van der Waals surface area contributed by atoms with E-state index in [1.54, 1.807) is 4.90 Å². The number of carbonyl (C=O) groups excluding carboxylic acids is 1. The molecule has 1 aliphatic rings. The Labute approximate surface area is 106 Å². The first-order valence-corrected chi connectivity index (χ1v) is 6.11. The first-order valence-electron chi connectivity index (χ1n) is 6.11. The largest absolute Gasteiger partial charge is 0.375 e. The third-order valence-corrected chi connectivity index (χ3v) is 2.90. The molecule has 4 nitrogen and oxygen atoms in total. The zero-order chi connectivity index (χ0) is 13.8. The van der Waals surface area contributed by atoms with Gasteiger partial charge in [0, 0.05) is 6.54 Å². The summed E-state index contributed by atoms with van der Waals surface area (Å²) in [6.45, 7) is 6.19. The van der Waals surface area contributed by atoms with E-state index in [1.165, 1.54) is 0 Å². The van der Waals surface area contributed by atoms with Gasteiger partial charge in [0.1, 0.15) is 6.61 Å². The molecular weight excluding hydrogens is 244 g/mol. The fourth-order valence-electron chi connectivity index (χ4n) is 1.89. The Morgan fingerprint density at radius 1 is 1.56 bits per heavy atom. The first-order chi connectivity index (χ1) is 8.33. The van der Waals surface area contributed by atoms with Gasteiger partial charge in [0.25, 0.3) is 6.43 Å². The van der Waals surface area contributed by atoms with Crippen molar-refractivity contribution in [1.29, 1.82) is 0 Å². The predicted octanol–water partition coefficient (Wildman–Crippen LogP) is 1.68. The van der Waals surface area contributed by atoms with Crippen molar-refractivity contribution in [2.75, 3.05) is 26.4 Å². The molecule has 0 aromatic rings. The van der Waals surface area contributed by atoms with Crippen molar-refractivity contribution in [2.45, 2.75) is 45.3 Å². The van der Waals surface area contributed by atoms with E-state index in [-0.39, 0.29) is 30.6 Å². The SMILES string of the molecule is CC1CN(C(=O)CCOCC(F)F)C(C)(C)CO1. The summed E-state index contributed by atoms with van der Waals surface area (Å²) in [7, 11) is 0. The lowest BCUT2D eigenvalue weighted by atomic mass is 10.0. The zero-order valence-corrected chi connectivity index (χ0v) is 11.1. The molecule has 106 valence electrons. The number of morpholine rings is 1. The number of rotatable bonds is 5. The van der Waals surface area contributed by atoms with Crippen molar-refractivity contribution in [3.05, 3.63) is 0 Å². The molecular formula is C12H21F2NO3. The van der Waals surface area contributed by atoms with Crippen molar-refractivity contribution in [3.63, 3.8) is 0 Å². The molecule has 1 rings (SSSR count). The number of amides is 1. The summed E-state index contributed by atoms with van der Waals surface area (Å²) in [5.41, 5.74) is -0.355. The Kier molecular flexibility index (Phi) is 5.47. The fourth-order valence-corrected chi connectivity index (χ4v) is 1.89. The molecule has 0 radical (unpaired) electrons. The summed E-state index contributed by atoms with van der Waals surface area (Å²) >= 11 is 0. The number of ether oxygens (including phenoxy) is 2. The van der Waals surface area contributed by atoms with Gasteiger partial charge in [-0.3, -0.25) is 4.79 Å². The molecule has 0 aromatic carbocycles. The van der Waals surface area contributed by atoms with Gasteiger partial charge in [0.2, 0.25) is 5.91 Å². The van der Waals surface area contributed by atoms with Crippen LogP contribution in [0.15, 0.2) is 0 Å². The lowest BCUT2D eigenvalue weighted by molar-refractivity contribution is -0.154. The minimum Gasteiger partial charge on any atom is -0.375 e. The van der Waals surface area contributed by atoms with Crippen LogP contribution in [-0.2, 0) is 14.3 Å². The lowest BCUT2D eigenvalue weighted by Gasteiger charge is -2.44. The van der Waals surface area contributed by atoms with Gasteiger partial charge < -0.3 is 14.4 Å². The van der Waals surface area contributed by atoms with E-state index in [2.05, 4.69) is 0 Å². The number of hydrogen-bond donors (Lipinski definition) is 0. The van der Waals surface area contributed by atoms with E-state index in [9.17, 15) is 13.6 Å². The summed E-state index contributed by atoms with van der Waals surface area (Å²) < 4.78 is 33.9. The predicted molar refractivity (Wildman–Crippen MR) is 62.6 cm³/mol. The zero-order valence-electron chi connectivity index (χ0n) is 11.1. The Balaban J connectivity index is 2.39. The molecule has 0 bridgehead atoms. The van der Waals surface area contributed by atoms with Gasteiger partial charge in [-0.25, -0.2) is 8.78 Å². The van der Waals surface area contributed by atoms with E-state index < -0.39 is 13.0 Å². The van der Waals surface area contributed by atoms with Gasteiger partial charge in [0.15, 0.2) is 0 Å². The third kappa shape index (κ3) is 4.49. The van der Waals surface area contributed by atoms with Gasteiger partial charge in [-0.15, -0.1) is 0 Å². The topological polar surface area (TPSA) is 38.8 Å². The maximum atomic E-state index is 12.0. The molecule has 1 heterocycles. The van der Waals surface area contributed by atoms with E-state index in [0.717, 1.165) is 0 Å². The second-order valence-corrected chi connectivity index (χ2v) is 5.15. The second kappa shape index (κ2) is 6.43. The van der Waals surface area contributed by atoms with E-state index in [0.29, 0.717) is 13.2 Å². The van der Waals surface area contributed by atoms with Crippen LogP contribution in [0.4, 0.5) is 8.78 Å². The van der Waals surface area contributed by atoms with Crippen molar-refractivity contribution in [1.82, 2.24) is 4.90 Å². The van der Waals surface area contributed by atoms with Crippen molar-refractivity contribution in [3.8, 4) is 0 Å². The van der Waals surface area contributed by atoms with Crippen LogP contribution in [0, 0.1) is 0 Å². The van der Waals surface area contributed by atoms with Gasteiger partial charge >= 0.3 is 0 Å². The summed E-state index contributed by atoms with van der Waals surface area (Å²) in [5.74, 6) is -0.0792. The number of nitrogens with zero attached hydrogens (tertiary/aromatic N) is 1.